The van der Waals surface area contributed by atoms with Gasteiger partial charge in [-0.15, -0.1) is 0 Å². The third kappa shape index (κ3) is 6.47. The van der Waals surface area contributed by atoms with Crippen molar-refractivity contribution < 1.29 is 19.1 Å². The first-order chi connectivity index (χ1) is 8.42. The Morgan fingerprint density at radius 2 is 1.67 bits per heavy atom. The number of carbonyl (C=O) groups excluding carboxylic acids is 2. The molecular weight excluding hydrogens is 234 g/mol. The first kappa shape index (κ1) is 16.7. The Kier molecular flexibility index (Phi) is 8.16. The Balaban J connectivity index is 4.55. The topological polar surface area (TPSA) is 55.8 Å². The second kappa shape index (κ2) is 8.78. The molecule has 0 aromatic heterocycles. The van der Waals surface area contributed by atoms with Crippen molar-refractivity contribution in [3.63, 3.8) is 0 Å². The van der Waals surface area contributed by atoms with Crippen LogP contribution in [0.25, 0.3) is 0 Å². The zero-order valence-electron chi connectivity index (χ0n) is 12.1. The van der Waals surface area contributed by atoms with Gasteiger partial charge < -0.3 is 14.4 Å². The number of ether oxygens (including phenoxy) is 2. The van der Waals surface area contributed by atoms with Crippen molar-refractivity contribution >= 4 is 12.1 Å². The van der Waals surface area contributed by atoms with Gasteiger partial charge in [-0.1, -0.05) is 13.8 Å². The number of carbonyl (C=O) groups is 2. The average molecular weight is 259 g/mol. The standard InChI is InChI=1S/C13H25NO4/c1-6-17-12(15)9-11(8-10(3)4)14(5)13(16)18-7-2/h10-11H,6-9H2,1-5H3. The maximum atomic E-state index is 11.7. The monoisotopic (exact) mass is 259 g/mol. The quantitative estimate of drug-likeness (QED) is 0.659. The highest BCUT2D eigenvalue weighted by Crippen LogP contribution is 2.15. The molecule has 0 aliphatic carbocycles. The van der Waals surface area contributed by atoms with Crippen molar-refractivity contribution in [2.75, 3.05) is 20.3 Å². The summed E-state index contributed by atoms with van der Waals surface area (Å²) in [7, 11) is 1.66. The van der Waals surface area contributed by atoms with Gasteiger partial charge in [0, 0.05) is 13.1 Å². The first-order valence-corrected chi connectivity index (χ1v) is 6.47. The van der Waals surface area contributed by atoms with Crippen LogP contribution >= 0.6 is 0 Å². The van der Waals surface area contributed by atoms with E-state index in [4.69, 9.17) is 9.47 Å². The molecule has 0 aliphatic rings. The van der Waals surface area contributed by atoms with Gasteiger partial charge in [0.2, 0.25) is 0 Å². The average Bonchev–Trinajstić information content (AvgIpc) is 2.27. The molecule has 1 amide bonds. The molecule has 0 radical (unpaired) electrons. The molecule has 0 fully saturated rings. The van der Waals surface area contributed by atoms with Crippen LogP contribution in [0.3, 0.4) is 0 Å². The molecule has 1 unspecified atom stereocenters. The fourth-order valence-corrected chi connectivity index (χ4v) is 1.71. The van der Waals surface area contributed by atoms with E-state index in [1.54, 1.807) is 20.9 Å². The molecule has 0 heterocycles. The molecule has 0 spiro atoms. The Bertz CT molecular complexity index is 266. The van der Waals surface area contributed by atoms with E-state index in [0.29, 0.717) is 19.1 Å². The zero-order chi connectivity index (χ0) is 14.1. The second-order valence-corrected chi connectivity index (χ2v) is 4.60. The predicted octanol–water partition coefficient (Wildman–Crippen LogP) is 2.44. The summed E-state index contributed by atoms with van der Waals surface area (Å²) < 4.78 is 9.87. The molecule has 0 saturated heterocycles. The fourth-order valence-electron chi connectivity index (χ4n) is 1.71. The van der Waals surface area contributed by atoms with Crippen molar-refractivity contribution in [2.45, 2.75) is 46.6 Å². The van der Waals surface area contributed by atoms with Crippen LogP contribution in [-0.2, 0) is 14.3 Å². The van der Waals surface area contributed by atoms with E-state index in [0.717, 1.165) is 6.42 Å². The van der Waals surface area contributed by atoms with Gasteiger partial charge in [0.25, 0.3) is 0 Å². The molecule has 0 saturated carbocycles. The van der Waals surface area contributed by atoms with E-state index in [2.05, 4.69) is 13.8 Å². The Labute approximate surface area is 109 Å². The summed E-state index contributed by atoms with van der Waals surface area (Å²) in [6, 6.07) is -0.178. The number of hydrogen-bond acceptors (Lipinski definition) is 4. The summed E-state index contributed by atoms with van der Waals surface area (Å²) >= 11 is 0. The smallest absolute Gasteiger partial charge is 0.409 e. The summed E-state index contributed by atoms with van der Waals surface area (Å²) in [5.74, 6) is 0.112. The highest BCUT2D eigenvalue weighted by molar-refractivity contribution is 5.72. The largest absolute Gasteiger partial charge is 0.466 e. The summed E-state index contributed by atoms with van der Waals surface area (Å²) in [6.45, 7) is 8.32. The minimum Gasteiger partial charge on any atom is -0.466 e. The van der Waals surface area contributed by atoms with Gasteiger partial charge in [-0.2, -0.15) is 0 Å². The van der Waals surface area contributed by atoms with Gasteiger partial charge in [0.15, 0.2) is 0 Å². The van der Waals surface area contributed by atoms with Crippen molar-refractivity contribution in [3.8, 4) is 0 Å². The lowest BCUT2D eigenvalue weighted by Gasteiger charge is -2.28. The van der Waals surface area contributed by atoms with Gasteiger partial charge in [0.1, 0.15) is 0 Å². The van der Waals surface area contributed by atoms with E-state index in [1.807, 2.05) is 0 Å². The maximum absolute atomic E-state index is 11.7. The van der Waals surface area contributed by atoms with Crippen molar-refractivity contribution in [2.24, 2.45) is 5.92 Å². The van der Waals surface area contributed by atoms with Crippen LogP contribution in [0.5, 0.6) is 0 Å². The minimum absolute atomic E-state index is 0.178. The highest BCUT2D eigenvalue weighted by Gasteiger charge is 2.24. The first-order valence-electron chi connectivity index (χ1n) is 6.47. The van der Waals surface area contributed by atoms with Crippen LogP contribution in [-0.4, -0.2) is 43.3 Å². The Morgan fingerprint density at radius 3 is 2.11 bits per heavy atom. The van der Waals surface area contributed by atoms with Gasteiger partial charge in [-0.05, 0) is 26.2 Å². The van der Waals surface area contributed by atoms with Crippen LogP contribution in [0, 0.1) is 5.92 Å². The number of amides is 1. The number of nitrogens with zero attached hydrogens (tertiary/aromatic N) is 1. The third-order valence-corrected chi connectivity index (χ3v) is 2.55. The number of hydrogen-bond donors (Lipinski definition) is 0. The van der Waals surface area contributed by atoms with Crippen molar-refractivity contribution in [3.05, 3.63) is 0 Å². The van der Waals surface area contributed by atoms with Crippen molar-refractivity contribution in [1.82, 2.24) is 4.90 Å². The molecule has 0 N–H and O–H groups in total. The molecule has 1 atom stereocenters. The normalized spacial score (nSPS) is 12.1. The molecule has 106 valence electrons. The van der Waals surface area contributed by atoms with E-state index < -0.39 is 6.09 Å². The summed E-state index contributed by atoms with van der Waals surface area (Å²) in [6.07, 6.45) is 0.558. The van der Waals surface area contributed by atoms with E-state index >= 15 is 0 Å². The molecule has 5 nitrogen and oxygen atoms in total. The lowest BCUT2D eigenvalue weighted by molar-refractivity contribution is -0.144. The SMILES string of the molecule is CCOC(=O)CC(CC(C)C)N(C)C(=O)OCC. The van der Waals surface area contributed by atoms with Gasteiger partial charge in [-0.3, -0.25) is 4.79 Å². The van der Waals surface area contributed by atoms with E-state index in [9.17, 15) is 9.59 Å². The van der Waals surface area contributed by atoms with Gasteiger partial charge >= 0.3 is 12.1 Å². The molecule has 0 bridgehead atoms. The zero-order valence-corrected chi connectivity index (χ0v) is 12.1. The number of rotatable bonds is 7. The fraction of sp³-hybridized carbons (Fsp3) is 0.846. The van der Waals surface area contributed by atoms with E-state index in [1.165, 1.54) is 4.90 Å². The molecule has 0 aliphatic heterocycles. The number of esters is 1. The molecule has 18 heavy (non-hydrogen) atoms. The summed E-state index contributed by atoms with van der Waals surface area (Å²) in [4.78, 5) is 24.7. The minimum atomic E-state index is -0.396. The Morgan fingerprint density at radius 1 is 1.11 bits per heavy atom. The molecule has 0 aromatic carbocycles. The third-order valence-electron chi connectivity index (χ3n) is 2.55. The molecule has 0 aromatic rings. The van der Waals surface area contributed by atoms with E-state index in [-0.39, 0.29) is 18.4 Å². The molecular formula is C13H25NO4. The Hall–Kier alpha value is -1.26. The molecule has 0 rings (SSSR count). The predicted molar refractivity (Wildman–Crippen MR) is 69.3 cm³/mol. The van der Waals surface area contributed by atoms with Crippen LogP contribution in [0.2, 0.25) is 0 Å². The lowest BCUT2D eigenvalue weighted by Crippen LogP contribution is -2.40. The highest BCUT2D eigenvalue weighted by atomic mass is 16.6. The second-order valence-electron chi connectivity index (χ2n) is 4.60. The van der Waals surface area contributed by atoms with Gasteiger partial charge in [-0.25, -0.2) is 4.79 Å². The van der Waals surface area contributed by atoms with Crippen LogP contribution < -0.4 is 0 Å². The lowest BCUT2D eigenvalue weighted by atomic mass is 10.0. The summed E-state index contributed by atoms with van der Waals surface area (Å²) in [5.41, 5.74) is 0. The summed E-state index contributed by atoms with van der Waals surface area (Å²) in [5, 5.41) is 0. The van der Waals surface area contributed by atoms with Crippen LogP contribution in [0.4, 0.5) is 4.79 Å². The van der Waals surface area contributed by atoms with Crippen LogP contribution in [0.15, 0.2) is 0 Å². The van der Waals surface area contributed by atoms with Crippen molar-refractivity contribution in [1.29, 1.82) is 0 Å². The van der Waals surface area contributed by atoms with Gasteiger partial charge in [0.05, 0.1) is 19.6 Å². The van der Waals surface area contributed by atoms with Crippen LogP contribution in [0.1, 0.15) is 40.5 Å². The molecule has 5 heteroatoms. The maximum Gasteiger partial charge on any atom is 0.409 e.